The molecule has 0 saturated carbocycles. The van der Waals surface area contributed by atoms with Crippen molar-refractivity contribution < 1.29 is 18.7 Å². The lowest BCUT2D eigenvalue weighted by Crippen LogP contribution is -2.41. The van der Waals surface area contributed by atoms with Gasteiger partial charge in [-0.1, -0.05) is 0 Å². The number of carbonyl (C=O) groups excluding carboxylic acids is 1. The number of ether oxygens (including phenoxy) is 2. The summed E-state index contributed by atoms with van der Waals surface area (Å²) in [4.78, 5) is 35.7. The highest BCUT2D eigenvalue weighted by Gasteiger charge is 2.14. The number of hydrogen-bond acceptors (Lipinski definition) is 5. The zero-order valence-corrected chi connectivity index (χ0v) is 12.0. The van der Waals surface area contributed by atoms with Crippen molar-refractivity contribution >= 4 is 6.03 Å². The lowest BCUT2D eigenvalue weighted by Gasteiger charge is -2.22. The Bertz CT molecular complexity index is 621. The Hall–Kier alpha value is -2.00. The Morgan fingerprint density at radius 1 is 1.41 bits per heavy atom. The van der Waals surface area contributed by atoms with Gasteiger partial charge in [0, 0.05) is 6.54 Å². The van der Waals surface area contributed by atoms with E-state index in [1.54, 1.807) is 4.98 Å². The van der Waals surface area contributed by atoms with Gasteiger partial charge in [-0.3, -0.25) is 9.78 Å². The fourth-order valence-corrected chi connectivity index (χ4v) is 2.08. The van der Waals surface area contributed by atoms with Crippen LogP contribution >= 0.6 is 0 Å². The second kappa shape index (κ2) is 7.85. The van der Waals surface area contributed by atoms with Crippen LogP contribution in [0.15, 0.2) is 15.8 Å². The molecule has 1 atom stereocenters. The molecule has 8 nitrogen and oxygen atoms in total. The number of hydrogen-bond donors (Lipinski definition) is 2. The van der Waals surface area contributed by atoms with Crippen molar-refractivity contribution in [2.45, 2.75) is 25.4 Å². The van der Waals surface area contributed by atoms with E-state index in [4.69, 9.17) is 9.47 Å². The van der Waals surface area contributed by atoms with Gasteiger partial charge < -0.3 is 14.8 Å². The van der Waals surface area contributed by atoms with Gasteiger partial charge in [0.05, 0.1) is 32.1 Å². The average molecular weight is 315 g/mol. The highest BCUT2D eigenvalue weighted by Crippen LogP contribution is 2.08. The molecule has 9 heteroatoms. The summed E-state index contributed by atoms with van der Waals surface area (Å²) in [6, 6.07) is -0.780. The highest BCUT2D eigenvalue weighted by atomic mass is 19.1. The van der Waals surface area contributed by atoms with Crippen LogP contribution in [0.3, 0.4) is 0 Å². The minimum atomic E-state index is -1.19. The normalized spacial score (nSPS) is 18.1. The van der Waals surface area contributed by atoms with Crippen LogP contribution in [-0.2, 0) is 9.47 Å². The Morgan fingerprint density at radius 3 is 2.95 bits per heavy atom. The lowest BCUT2D eigenvalue weighted by atomic mass is 10.1. The molecule has 122 valence electrons. The number of aromatic nitrogens is 2. The Morgan fingerprint density at radius 2 is 2.23 bits per heavy atom. The predicted octanol–water partition coefficient (Wildman–Crippen LogP) is -0.181. The number of rotatable bonds is 5. The van der Waals surface area contributed by atoms with Gasteiger partial charge in [-0.15, -0.1) is 0 Å². The molecule has 1 amide bonds. The number of unbranched alkanes of at least 4 members (excludes halogenated alkanes) is 1. The average Bonchev–Trinajstić information content (AvgIpc) is 2.51. The Balaban J connectivity index is 1.72. The summed E-state index contributed by atoms with van der Waals surface area (Å²) in [6.07, 6.45) is 2.99. The van der Waals surface area contributed by atoms with E-state index < -0.39 is 23.1 Å². The molecule has 1 saturated heterocycles. The molecule has 1 aromatic heterocycles. The van der Waals surface area contributed by atoms with Gasteiger partial charge >= 0.3 is 11.7 Å². The van der Waals surface area contributed by atoms with E-state index in [9.17, 15) is 18.8 Å². The van der Waals surface area contributed by atoms with Crippen LogP contribution in [-0.4, -0.2) is 48.1 Å². The van der Waals surface area contributed by atoms with Crippen LogP contribution < -0.4 is 16.6 Å². The predicted molar refractivity (Wildman–Crippen MR) is 74.5 cm³/mol. The summed E-state index contributed by atoms with van der Waals surface area (Å²) in [5.74, 6) is -1.19. The summed E-state index contributed by atoms with van der Waals surface area (Å²) < 4.78 is 24.3. The number of nitrogens with zero attached hydrogens (tertiary/aromatic N) is 1. The molecule has 0 radical (unpaired) electrons. The van der Waals surface area contributed by atoms with Crippen molar-refractivity contribution in [1.82, 2.24) is 14.9 Å². The van der Waals surface area contributed by atoms with Crippen molar-refractivity contribution in [1.29, 1.82) is 0 Å². The molecule has 1 unspecified atom stereocenters. The molecule has 2 heterocycles. The van der Waals surface area contributed by atoms with Crippen LogP contribution in [0.5, 0.6) is 0 Å². The SMILES string of the molecule is O=C(NCCCCC1COCCO1)n1cc(F)c(=O)[nH]c1=O. The second-order valence-electron chi connectivity index (χ2n) is 4.90. The van der Waals surface area contributed by atoms with E-state index in [0.717, 1.165) is 12.8 Å². The summed E-state index contributed by atoms with van der Waals surface area (Å²) in [5, 5.41) is 2.49. The van der Waals surface area contributed by atoms with E-state index in [-0.39, 0.29) is 6.10 Å². The maximum Gasteiger partial charge on any atom is 0.336 e. The molecule has 2 N–H and O–H groups in total. The van der Waals surface area contributed by atoms with Crippen LogP contribution in [0.1, 0.15) is 19.3 Å². The molecule has 1 aliphatic rings. The second-order valence-corrected chi connectivity index (χ2v) is 4.90. The maximum absolute atomic E-state index is 13.1. The van der Waals surface area contributed by atoms with Gasteiger partial charge in [-0.05, 0) is 19.3 Å². The number of nitrogens with one attached hydrogen (secondary N) is 2. The number of amides is 1. The van der Waals surface area contributed by atoms with E-state index in [0.29, 0.717) is 43.6 Å². The molecule has 2 rings (SSSR count). The maximum atomic E-state index is 13.1. The number of aromatic amines is 1. The van der Waals surface area contributed by atoms with Crippen LogP contribution in [0.2, 0.25) is 0 Å². The smallest absolute Gasteiger partial charge is 0.336 e. The third-order valence-corrected chi connectivity index (χ3v) is 3.23. The van der Waals surface area contributed by atoms with Gasteiger partial charge in [0.25, 0.3) is 5.56 Å². The third-order valence-electron chi connectivity index (χ3n) is 3.23. The van der Waals surface area contributed by atoms with E-state index in [2.05, 4.69) is 5.32 Å². The molecule has 0 aliphatic carbocycles. The topological polar surface area (TPSA) is 102 Å². The standard InChI is InChI=1S/C13H18FN3O5/c14-10-7-17(13(20)16-11(10)18)12(19)15-4-2-1-3-9-8-21-5-6-22-9/h7,9H,1-6,8H2,(H,15,19)(H,16,18,20). The number of H-pyrrole nitrogens is 1. The van der Waals surface area contributed by atoms with Gasteiger partial charge in [-0.2, -0.15) is 4.39 Å². The highest BCUT2D eigenvalue weighted by molar-refractivity contribution is 5.76. The number of carbonyl (C=O) groups is 1. The van der Waals surface area contributed by atoms with E-state index in [1.165, 1.54) is 0 Å². The van der Waals surface area contributed by atoms with E-state index >= 15 is 0 Å². The molecule has 22 heavy (non-hydrogen) atoms. The summed E-state index contributed by atoms with van der Waals surface area (Å²) in [5.41, 5.74) is -2.12. The van der Waals surface area contributed by atoms with Crippen molar-refractivity contribution in [3.05, 3.63) is 32.9 Å². The van der Waals surface area contributed by atoms with Crippen LogP contribution in [0, 0.1) is 5.82 Å². The Kier molecular flexibility index (Phi) is 5.84. The first-order chi connectivity index (χ1) is 10.6. The largest absolute Gasteiger partial charge is 0.376 e. The third kappa shape index (κ3) is 4.50. The van der Waals surface area contributed by atoms with Gasteiger partial charge in [0.2, 0.25) is 5.82 Å². The van der Waals surface area contributed by atoms with Gasteiger partial charge in [0.1, 0.15) is 0 Å². The van der Waals surface area contributed by atoms with Crippen molar-refractivity contribution in [2.75, 3.05) is 26.4 Å². The molecule has 1 fully saturated rings. The zero-order chi connectivity index (χ0) is 15.9. The van der Waals surface area contributed by atoms with E-state index in [1.807, 2.05) is 0 Å². The Labute approximate surface area is 125 Å². The van der Waals surface area contributed by atoms with Crippen molar-refractivity contribution in [3.8, 4) is 0 Å². The molecular weight excluding hydrogens is 297 g/mol. The minimum absolute atomic E-state index is 0.0837. The first-order valence-electron chi connectivity index (χ1n) is 7.07. The molecule has 0 aromatic carbocycles. The molecule has 1 aliphatic heterocycles. The molecule has 0 spiro atoms. The van der Waals surface area contributed by atoms with Crippen molar-refractivity contribution in [2.24, 2.45) is 0 Å². The monoisotopic (exact) mass is 315 g/mol. The fraction of sp³-hybridized carbons (Fsp3) is 0.615. The number of halogens is 1. The van der Waals surface area contributed by atoms with Gasteiger partial charge in [-0.25, -0.2) is 14.2 Å². The summed E-state index contributed by atoms with van der Waals surface area (Å²) in [7, 11) is 0. The summed E-state index contributed by atoms with van der Waals surface area (Å²) >= 11 is 0. The van der Waals surface area contributed by atoms with Crippen LogP contribution in [0.25, 0.3) is 0 Å². The molecule has 0 bridgehead atoms. The first-order valence-corrected chi connectivity index (χ1v) is 7.07. The molecule has 1 aromatic rings. The fourth-order valence-electron chi connectivity index (χ4n) is 2.08. The van der Waals surface area contributed by atoms with Crippen LogP contribution in [0.4, 0.5) is 9.18 Å². The minimum Gasteiger partial charge on any atom is -0.376 e. The molecular formula is C13H18FN3O5. The first kappa shape index (κ1) is 16.4. The zero-order valence-electron chi connectivity index (χ0n) is 12.0. The van der Waals surface area contributed by atoms with Gasteiger partial charge in [0.15, 0.2) is 0 Å². The van der Waals surface area contributed by atoms with Crippen molar-refractivity contribution in [3.63, 3.8) is 0 Å². The lowest BCUT2D eigenvalue weighted by molar-refractivity contribution is -0.0911. The summed E-state index contributed by atoms with van der Waals surface area (Å²) in [6.45, 7) is 2.14. The quantitative estimate of drug-likeness (QED) is 0.734.